The van der Waals surface area contributed by atoms with Crippen molar-refractivity contribution in [3.63, 3.8) is 0 Å². The maximum absolute atomic E-state index is 11.8. The Balaban J connectivity index is 1.46. The van der Waals surface area contributed by atoms with Gasteiger partial charge in [0.25, 0.3) is 0 Å². The molecule has 0 radical (unpaired) electrons. The van der Waals surface area contributed by atoms with Crippen molar-refractivity contribution in [2.45, 2.75) is 26.2 Å². The zero-order valence-corrected chi connectivity index (χ0v) is 18.6. The molecular weight excluding hydrogens is 428 g/mol. The van der Waals surface area contributed by atoms with Crippen molar-refractivity contribution in [1.29, 1.82) is 0 Å². The fourth-order valence-electron chi connectivity index (χ4n) is 3.78. The molecule has 0 aliphatic carbocycles. The van der Waals surface area contributed by atoms with Gasteiger partial charge in [-0.25, -0.2) is 9.78 Å². The lowest BCUT2D eigenvalue weighted by atomic mass is 10.1. The summed E-state index contributed by atoms with van der Waals surface area (Å²) in [6.07, 6.45) is 0.537. The second-order valence-corrected chi connectivity index (χ2v) is 8.47. The maximum Gasteiger partial charge on any atom is 0.337 e. The van der Waals surface area contributed by atoms with E-state index in [9.17, 15) is 4.79 Å². The van der Waals surface area contributed by atoms with Gasteiger partial charge in [-0.2, -0.15) is 0 Å². The fraction of sp³-hybridized carbons (Fsp3) is 0.200. The number of hydrogen-bond donors (Lipinski definition) is 1. The molecule has 5 rings (SSSR count). The largest absolute Gasteiger partial charge is 0.465 e. The van der Waals surface area contributed by atoms with Crippen LogP contribution in [0.5, 0.6) is 0 Å². The standard InChI is InChI=1S/C25H21ClN2O4/c1-13(2)22-12-16-9-17(26)8-15(23(16)32-22)10-18-5-7-21(31-18)24-27-19-6-4-14(25(29)30-3)11-20(19)28-24/h4-9,11-13H,10H2,1-3H3,(H,27,28). The van der Waals surface area contributed by atoms with Crippen LogP contribution in [-0.2, 0) is 11.2 Å². The van der Waals surface area contributed by atoms with Gasteiger partial charge in [0.2, 0.25) is 0 Å². The lowest BCUT2D eigenvalue weighted by Crippen LogP contribution is -2.00. The van der Waals surface area contributed by atoms with Gasteiger partial charge in [0, 0.05) is 28.3 Å². The van der Waals surface area contributed by atoms with Crippen molar-refractivity contribution in [3.8, 4) is 11.6 Å². The molecule has 5 aromatic rings. The number of H-pyrrole nitrogens is 1. The Morgan fingerprint density at radius 3 is 2.75 bits per heavy atom. The molecule has 162 valence electrons. The molecule has 7 heteroatoms. The SMILES string of the molecule is COC(=O)c1ccc2nc(-c3ccc(Cc4cc(Cl)cc5cc(C(C)C)oc45)o3)[nH]c2c1. The Bertz CT molecular complexity index is 1460. The second kappa shape index (κ2) is 7.88. The van der Waals surface area contributed by atoms with Gasteiger partial charge in [0.15, 0.2) is 11.6 Å². The number of carbonyl (C=O) groups excluding carboxylic acids is 1. The Labute approximate surface area is 189 Å². The number of rotatable bonds is 5. The number of carbonyl (C=O) groups is 1. The molecule has 3 aromatic heterocycles. The van der Waals surface area contributed by atoms with E-state index in [0.29, 0.717) is 28.6 Å². The molecule has 0 unspecified atom stereocenters. The van der Waals surface area contributed by atoms with E-state index in [1.54, 1.807) is 18.2 Å². The summed E-state index contributed by atoms with van der Waals surface area (Å²) in [5.74, 6) is 2.78. The van der Waals surface area contributed by atoms with Gasteiger partial charge in [0.1, 0.15) is 17.1 Å². The van der Waals surface area contributed by atoms with Gasteiger partial charge in [0.05, 0.1) is 23.7 Å². The number of fused-ring (bicyclic) bond motifs is 2. The van der Waals surface area contributed by atoms with Crippen molar-refractivity contribution < 1.29 is 18.4 Å². The minimum absolute atomic E-state index is 0.289. The van der Waals surface area contributed by atoms with E-state index in [0.717, 1.165) is 39.1 Å². The highest BCUT2D eigenvalue weighted by molar-refractivity contribution is 6.31. The predicted molar refractivity (Wildman–Crippen MR) is 123 cm³/mol. The molecule has 0 saturated heterocycles. The Morgan fingerprint density at radius 1 is 1.12 bits per heavy atom. The third kappa shape index (κ3) is 3.67. The smallest absolute Gasteiger partial charge is 0.337 e. The average Bonchev–Trinajstić information content (AvgIpc) is 3.49. The zero-order chi connectivity index (χ0) is 22.4. The third-order valence-electron chi connectivity index (χ3n) is 5.41. The van der Waals surface area contributed by atoms with E-state index in [-0.39, 0.29) is 5.92 Å². The molecule has 0 atom stereocenters. The molecule has 0 aliphatic rings. The van der Waals surface area contributed by atoms with E-state index in [2.05, 4.69) is 23.8 Å². The fourth-order valence-corrected chi connectivity index (χ4v) is 4.03. The highest BCUT2D eigenvalue weighted by atomic mass is 35.5. The molecule has 0 bridgehead atoms. The number of esters is 1. The number of halogens is 1. The Kier molecular flexibility index (Phi) is 5.02. The van der Waals surface area contributed by atoms with Crippen molar-refractivity contribution in [1.82, 2.24) is 9.97 Å². The summed E-state index contributed by atoms with van der Waals surface area (Å²) >= 11 is 6.35. The summed E-state index contributed by atoms with van der Waals surface area (Å²) in [5, 5.41) is 1.65. The maximum atomic E-state index is 11.8. The lowest BCUT2D eigenvalue weighted by molar-refractivity contribution is 0.0601. The Hall–Kier alpha value is -3.51. The molecule has 0 spiro atoms. The molecule has 1 N–H and O–H groups in total. The monoisotopic (exact) mass is 448 g/mol. The molecule has 2 aromatic carbocycles. The van der Waals surface area contributed by atoms with Crippen LogP contribution < -0.4 is 0 Å². The number of benzene rings is 2. The van der Waals surface area contributed by atoms with Gasteiger partial charge < -0.3 is 18.6 Å². The molecule has 3 heterocycles. The third-order valence-corrected chi connectivity index (χ3v) is 5.63. The first kappa shape index (κ1) is 20.4. The summed E-state index contributed by atoms with van der Waals surface area (Å²) in [5.41, 5.74) is 3.72. The highest BCUT2D eigenvalue weighted by Crippen LogP contribution is 2.32. The predicted octanol–water partition coefficient (Wildman–Crippen LogP) is 6.72. The first-order valence-electron chi connectivity index (χ1n) is 10.3. The van der Waals surface area contributed by atoms with Crippen LogP contribution >= 0.6 is 11.6 Å². The first-order chi connectivity index (χ1) is 15.4. The van der Waals surface area contributed by atoms with Gasteiger partial charge in [-0.1, -0.05) is 25.4 Å². The quantitative estimate of drug-likeness (QED) is 0.302. The number of imidazole rings is 1. The number of hydrogen-bond acceptors (Lipinski definition) is 5. The number of ether oxygens (including phenoxy) is 1. The molecule has 0 aliphatic heterocycles. The van der Waals surface area contributed by atoms with Crippen LogP contribution in [0, 0.1) is 0 Å². The lowest BCUT2D eigenvalue weighted by Gasteiger charge is -2.02. The minimum atomic E-state index is -0.394. The first-order valence-corrected chi connectivity index (χ1v) is 10.7. The summed E-state index contributed by atoms with van der Waals surface area (Å²) in [6, 6.07) is 14.8. The van der Waals surface area contributed by atoms with Crippen molar-refractivity contribution in [2.75, 3.05) is 7.11 Å². The van der Waals surface area contributed by atoms with E-state index >= 15 is 0 Å². The zero-order valence-electron chi connectivity index (χ0n) is 17.9. The van der Waals surface area contributed by atoms with Gasteiger partial charge >= 0.3 is 5.97 Å². The van der Waals surface area contributed by atoms with Crippen molar-refractivity contribution in [3.05, 3.63) is 76.2 Å². The molecule has 0 fully saturated rings. The number of nitrogens with one attached hydrogen (secondary N) is 1. The second-order valence-electron chi connectivity index (χ2n) is 8.04. The minimum Gasteiger partial charge on any atom is -0.465 e. The number of methoxy groups -OCH3 is 1. The van der Waals surface area contributed by atoms with Crippen molar-refractivity contribution >= 4 is 39.6 Å². The van der Waals surface area contributed by atoms with Crippen LogP contribution in [-0.4, -0.2) is 23.0 Å². The molecule has 32 heavy (non-hydrogen) atoms. The van der Waals surface area contributed by atoms with E-state index in [1.165, 1.54) is 7.11 Å². The van der Waals surface area contributed by atoms with Crippen LogP contribution in [0.2, 0.25) is 5.02 Å². The van der Waals surface area contributed by atoms with Crippen LogP contribution in [0.4, 0.5) is 0 Å². The number of aromatic amines is 1. The van der Waals surface area contributed by atoms with Crippen LogP contribution in [0.1, 0.15) is 47.2 Å². The van der Waals surface area contributed by atoms with E-state index in [1.807, 2.05) is 30.3 Å². The van der Waals surface area contributed by atoms with Crippen LogP contribution in [0.25, 0.3) is 33.6 Å². The summed E-state index contributed by atoms with van der Waals surface area (Å²) in [7, 11) is 1.36. The highest BCUT2D eigenvalue weighted by Gasteiger charge is 2.16. The molecular formula is C25H21ClN2O4. The van der Waals surface area contributed by atoms with E-state index < -0.39 is 5.97 Å². The van der Waals surface area contributed by atoms with E-state index in [4.69, 9.17) is 25.2 Å². The number of aromatic nitrogens is 2. The Morgan fingerprint density at radius 2 is 1.97 bits per heavy atom. The summed E-state index contributed by atoms with van der Waals surface area (Å²) in [6.45, 7) is 4.19. The topological polar surface area (TPSA) is 81.3 Å². The van der Waals surface area contributed by atoms with Crippen LogP contribution in [0.3, 0.4) is 0 Å². The summed E-state index contributed by atoms with van der Waals surface area (Å²) < 4.78 is 17.0. The summed E-state index contributed by atoms with van der Waals surface area (Å²) in [4.78, 5) is 19.6. The van der Waals surface area contributed by atoms with Crippen LogP contribution in [0.15, 0.2) is 57.4 Å². The molecule has 6 nitrogen and oxygen atoms in total. The van der Waals surface area contributed by atoms with Gasteiger partial charge in [-0.3, -0.25) is 0 Å². The number of nitrogens with zero attached hydrogens (tertiary/aromatic N) is 1. The molecule has 0 amide bonds. The van der Waals surface area contributed by atoms with Gasteiger partial charge in [-0.15, -0.1) is 0 Å². The normalized spacial score (nSPS) is 11.7. The number of furan rings is 2. The van der Waals surface area contributed by atoms with Crippen molar-refractivity contribution in [2.24, 2.45) is 0 Å². The molecule has 0 saturated carbocycles. The van der Waals surface area contributed by atoms with Gasteiger partial charge in [-0.05, 0) is 48.5 Å². The average molecular weight is 449 g/mol.